The number of para-hydroxylation sites is 1. The van der Waals surface area contributed by atoms with Crippen molar-refractivity contribution in [3.63, 3.8) is 0 Å². The van der Waals surface area contributed by atoms with Gasteiger partial charge in [0.2, 0.25) is 5.91 Å². The molecule has 0 aliphatic carbocycles. The second-order valence-electron chi connectivity index (χ2n) is 6.77. The lowest BCUT2D eigenvalue weighted by Gasteiger charge is -2.17. The van der Waals surface area contributed by atoms with Crippen molar-refractivity contribution < 1.29 is 4.79 Å². The Labute approximate surface area is 174 Å². The summed E-state index contributed by atoms with van der Waals surface area (Å²) in [6.45, 7) is 2.61. The Morgan fingerprint density at radius 2 is 1.72 bits per heavy atom. The molecule has 29 heavy (non-hydrogen) atoms. The fraction of sp³-hybridized carbons (Fsp3) is 0.174. The van der Waals surface area contributed by atoms with Crippen LogP contribution in [-0.4, -0.2) is 29.5 Å². The summed E-state index contributed by atoms with van der Waals surface area (Å²) in [6, 6.07) is 19.9. The standard InChI is InChI=1S/C23H22N4OS/c1-16-20(17-9-5-3-6-10-17)21-22(25-15-26-23(21)29-16)24-14-13-19(28)27(2)18-11-7-4-8-12-18/h3-12,15H,13-14H2,1-2H3,(H,24,25,26). The van der Waals surface area contributed by atoms with E-state index < -0.39 is 0 Å². The summed E-state index contributed by atoms with van der Waals surface area (Å²) in [6.07, 6.45) is 1.95. The molecule has 0 aliphatic rings. The van der Waals surface area contributed by atoms with Crippen LogP contribution in [0.1, 0.15) is 11.3 Å². The van der Waals surface area contributed by atoms with Gasteiger partial charge in [-0.25, -0.2) is 9.97 Å². The van der Waals surface area contributed by atoms with E-state index in [2.05, 4.69) is 34.3 Å². The van der Waals surface area contributed by atoms with Crippen molar-refractivity contribution in [3.05, 3.63) is 71.9 Å². The molecule has 0 saturated carbocycles. The third-order valence-electron chi connectivity index (χ3n) is 4.88. The van der Waals surface area contributed by atoms with E-state index in [1.807, 2.05) is 48.5 Å². The van der Waals surface area contributed by atoms with E-state index in [1.54, 1.807) is 29.6 Å². The number of anilines is 2. The number of benzene rings is 2. The van der Waals surface area contributed by atoms with Crippen molar-refractivity contribution in [1.29, 1.82) is 0 Å². The van der Waals surface area contributed by atoms with Crippen LogP contribution in [0.3, 0.4) is 0 Å². The number of nitrogens with zero attached hydrogens (tertiary/aromatic N) is 3. The summed E-state index contributed by atoms with van der Waals surface area (Å²) >= 11 is 1.66. The number of fused-ring (bicyclic) bond motifs is 1. The van der Waals surface area contributed by atoms with E-state index >= 15 is 0 Å². The largest absolute Gasteiger partial charge is 0.369 e. The molecule has 0 unspecified atom stereocenters. The van der Waals surface area contributed by atoms with Crippen molar-refractivity contribution >= 4 is 39.0 Å². The van der Waals surface area contributed by atoms with Gasteiger partial charge in [0.15, 0.2) is 0 Å². The van der Waals surface area contributed by atoms with Crippen LogP contribution < -0.4 is 10.2 Å². The fourth-order valence-corrected chi connectivity index (χ4v) is 4.39. The molecular formula is C23H22N4OS. The van der Waals surface area contributed by atoms with Crippen LogP contribution in [0.15, 0.2) is 67.0 Å². The first-order chi connectivity index (χ1) is 14.1. The second-order valence-corrected chi connectivity index (χ2v) is 7.97. The van der Waals surface area contributed by atoms with Crippen molar-refractivity contribution in [2.45, 2.75) is 13.3 Å². The molecule has 146 valence electrons. The Bertz CT molecular complexity index is 1130. The normalized spacial score (nSPS) is 10.8. The molecule has 2 aromatic carbocycles. The van der Waals surface area contributed by atoms with Gasteiger partial charge in [-0.3, -0.25) is 4.79 Å². The summed E-state index contributed by atoms with van der Waals surface area (Å²) < 4.78 is 0. The van der Waals surface area contributed by atoms with Gasteiger partial charge in [0.05, 0.1) is 5.39 Å². The van der Waals surface area contributed by atoms with E-state index in [1.165, 1.54) is 4.88 Å². The number of aromatic nitrogens is 2. The summed E-state index contributed by atoms with van der Waals surface area (Å²) in [5.41, 5.74) is 3.19. The molecular weight excluding hydrogens is 380 g/mol. The summed E-state index contributed by atoms with van der Waals surface area (Å²) in [5, 5.41) is 4.38. The molecule has 4 rings (SSSR count). The third kappa shape index (κ3) is 3.98. The minimum Gasteiger partial charge on any atom is -0.369 e. The number of rotatable bonds is 6. The molecule has 1 N–H and O–H groups in total. The number of thiophene rings is 1. The predicted octanol–water partition coefficient (Wildman–Crippen LogP) is 5.13. The van der Waals surface area contributed by atoms with E-state index in [-0.39, 0.29) is 5.91 Å². The highest BCUT2D eigenvalue weighted by molar-refractivity contribution is 7.19. The van der Waals surface area contributed by atoms with Gasteiger partial charge >= 0.3 is 0 Å². The van der Waals surface area contributed by atoms with E-state index in [4.69, 9.17) is 0 Å². The maximum Gasteiger partial charge on any atom is 0.228 e. The lowest BCUT2D eigenvalue weighted by Crippen LogP contribution is -2.27. The molecule has 0 radical (unpaired) electrons. The number of amides is 1. The van der Waals surface area contributed by atoms with Crippen molar-refractivity contribution in [2.75, 3.05) is 23.8 Å². The maximum atomic E-state index is 12.5. The molecule has 0 fully saturated rings. The molecule has 1 amide bonds. The lowest BCUT2D eigenvalue weighted by atomic mass is 10.0. The molecule has 6 heteroatoms. The molecule has 4 aromatic rings. The number of carbonyl (C=O) groups is 1. The SMILES string of the molecule is Cc1sc2ncnc(NCCC(=O)N(C)c3ccccc3)c2c1-c1ccccc1. The Kier molecular flexibility index (Phi) is 5.53. The monoisotopic (exact) mass is 402 g/mol. The van der Waals surface area contributed by atoms with E-state index in [0.717, 1.165) is 32.8 Å². The van der Waals surface area contributed by atoms with Gasteiger partial charge in [0.25, 0.3) is 0 Å². The fourth-order valence-electron chi connectivity index (χ4n) is 3.38. The van der Waals surface area contributed by atoms with Gasteiger partial charge in [-0.05, 0) is 24.6 Å². The number of carbonyl (C=O) groups excluding carboxylic acids is 1. The van der Waals surface area contributed by atoms with Crippen LogP contribution in [-0.2, 0) is 4.79 Å². The Hall–Kier alpha value is -3.25. The highest BCUT2D eigenvalue weighted by atomic mass is 32.1. The van der Waals surface area contributed by atoms with E-state index in [9.17, 15) is 4.79 Å². The van der Waals surface area contributed by atoms with Crippen LogP contribution in [0, 0.1) is 6.92 Å². The summed E-state index contributed by atoms with van der Waals surface area (Å²) in [5.74, 6) is 0.826. The van der Waals surface area contributed by atoms with Crippen LogP contribution in [0.2, 0.25) is 0 Å². The van der Waals surface area contributed by atoms with Crippen LogP contribution in [0.4, 0.5) is 11.5 Å². The van der Waals surface area contributed by atoms with Gasteiger partial charge in [-0.15, -0.1) is 11.3 Å². The topological polar surface area (TPSA) is 58.1 Å². The zero-order valence-corrected chi connectivity index (χ0v) is 17.2. The summed E-state index contributed by atoms with van der Waals surface area (Å²) in [7, 11) is 1.80. The first-order valence-electron chi connectivity index (χ1n) is 9.50. The molecule has 0 saturated heterocycles. The maximum absolute atomic E-state index is 12.5. The first-order valence-corrected chi connectivity index (χ1v) is 10.3. The molecule has 0 atom stereocenters. The van der Waals surface area contributed by atoms with Crippen molar-refractivity contribution in [2.24, 2.45) is 0 Å². The lowest BCUT2D eigenvalue weighted by molar-refractivity contribution is -0.118. The molecule has 5 nitrogen and oxygen atoms in total. The average Bonchev–Trinajstić information content (AvgIpc) is 3.11. The third-order valence-corrected chi connectivity index (χ3v) is 5.89. The van der Waals surface area contributed by atoms with Gasteiger partial charge in [0, 0.05) is 36.1 Å². The zero-order valence-electron chi connectivity index (χ0n) is 16.4. The Morgan fingerprint density at radius 1 is 1.03 bits per heavy atom. The molecule has 0 aliphatic heterocycles. The van der Waals surface area contributed by atoms with Gasteiger partial charge in [-0.1, -0.05) is 48.5 Å². The number of hydrogen-bond donors (Lipinski definition) is 1. The second kappa shape index (κ2) is 8.41. The summed E-state index contributed by atoms with van der Waals surface area (Å²) in [4.78, 5) is 25.3. The van der Waals surface area contributed by atoms with Crippen LogP contribution in [0.25, 0.3) is 21.3 Å². The van der Waals surface area contributed by atoms with Gasteiger partial charge in [0.1, 0.15) is 17.0 Å². The quantitative estimate of drug-likeness (QED) is 0.486. The highest BCUT2D eigenvalue weighted by Gasteiger charge is 2.17. The highest BCUT2D eigenvalue weighted by Crippen LogP contribution is 2.40. The molecule has 2 heterocycles. The minimum absolute atomic E-state index is 0.0544. The van der Waals surface area contributed by atoms with Crippen LogP contribution in [0.5, 0.6) is 0 Å². The Morgan fingerprint density at radius 3 is 2.45 bits per heavy atom. The number of hydrogen-bond acceptors (Lipinski definition) is 5. The van der Waals surface area contributed by atoms with Gasteiger partial charge < -0.3 is 10.2 Å². The number of aryl methyl sites for hydroxylation is 1. The first kappa shape index (κ1) is 19.1. The average molecular weight is 403 g/mol. The van der Waals surface area contributed by atoms with Crippen molar-refractivity contribution in [1.82, 2.24) is 9.97 Å². The smallest absolute Gasteiger partial charge is 0.228 e. The molecule has 0 bridgehead atoms. The van der Waals surface area contributed by atoms with E-state index in [0.29, 0.717) is 13.0 Å². The Balaban J connectivity index is 1.54. The zero-order chi connectivity index (χ0) is 20.2. The van der Waals surface area contributed by atoms with Gasteiger partial charge in [-0.2, -0.15) is 0 Å². The van der Waals surface area contributed by atoms with Crippen LogP contribution >= 0.6 is 11.3 Å². The molecule has 2 aromatic heterocycles. The van der Waals surface area contributed by atoms with Crippen molar-refractivity contribution in [3.8, 4) is 11.1 Å². The molecule has 0 spiro atoms. The minimum atomic E-state index is 0.0544. The number of nitrogens with one attached hydrogen (secondary N) is 1. The predicted molar refractivity (Wildman–Crippen MR) is 121 cm³/mol.